The number of rotatable bonds is 10. The molecule has 11 heteroatoms. The summed E-state index contributed by atoms with van der Waals surface area (Å²) in [6.07, 6.45) is 0. The predicted octanol–water partition coefficient (Wildman–Crippen LogP) is 2.24. The smallest absolute Gasteiger partial charge is 0.250 e. The molecule has 174 valence electrons. The standard InChI is InChI=1S/C21H25FN2O7S/c1-28-12-13-30-15-21(25)23-19-14-18(32(26,27)24-8-10-29-11-9-24)6-7-20(19)31-17-4-2-16(22)3-5-17/h2-7,14H,8-13,15H2,1H3,(H,23,25). The summed E-state index contributed by atoms with van der Waals surface area (Å²) in [7, 11) is -2.27. The number of anilines is 1. The van der Waals surface area contributed by atoms with E-state index in [1.807, 2.05) is 0 Å². The van der Waals surface area contributed by atoms with Gasteiger partial charge in [-0.1, -0.05) is 0 Å². The average molecular weight is 469 g/mol. The Morgan fingerprint density at radius 3 is 2.53 bits per heavy atom. The van der Waals surface area contributed by atoms with Gasteiger partial charge in [0.05, 0.1) is 37.0 Å². The van der Waals surface area contributed by atoms with Crippen LogP contribution in [0.1, 0.15) is 0 Å². The summed E-state index contributed by atoms with van der Waals surface area (Å²) in [6, 6.07) is 9.48. The first kappa shape index (κ1) is 24.1. The molecule has 0 unspecified atom stereocenters. The van der Waals surface area contributed by atoms with Crippen molar-refractivity contribution in [2.24, 2.45) is 0 Å². The number of methoxy groups -OCH3 is 1. The third-order valence-electron chi connectivity index (χ3n) is 4.54. The zero-order valence-corrected chi connectivity index (χ0v) is 18.4. The highest BCUT2D eigenvalue weighted by Gasteiger charge is 2.27. The Morgan fingerprint density at radius 1 is 1.12 bits per heavy atom. The summed E-state index contributed by atoms with van der Waals surface area (Å²) in [4.78, 5) is 12.3. The van der Waals surface area contributed by atoms with Crippen molar-refractivity contribution in [3.05, 3.63) is 48.3 Å². The number of hydrogen-bond donors (Lipinski definition) is 1. The number of carbonyl (C=O) groups excluding carboxylic acids is 1. The highest BCUT2D eigenvalue weighted by molar-refractivity contribution is 7.89. The SMILES string of the molecule is COCCOCC(=O)Nc1cc(S(=O)(=O)N2CCOCC2)ccc1Oc1ccc(F)cc1. The van der Waals surface area contributed by atoms with Gasteiger partial charge in [-0.3, -0.25) is 4.79 Å². The van der Waals surface area contributed by atoms with E-state index in [2.05, 4.69) is 5.32 Å². The fraction of sp³-hybridized carbons (Fsp3) is 0.381. The molecule has 1 aliphatic heterocycles. The van der Waals surface area contributed by atoms with Gasteiger partial charge in [-0.25, -0.2) is 12.8 Å². The van der Waals surface area contributed by atoms with Crippen LogP contribution in [0.4, 0.5) is 10.1 Å². The summed E-state index contributed by atoms with van der Waals surface area (Å²) in [5.41, 5.74) is 0.143. The quantitative estimate of drug-likeness (QED) is 0.534. The van der Waals surface area contributed by atoms with Crippen LogP contribution in [-0.2, 0) is 29.0 Å². The molecule has 0 aliphatic carbocycles. The topological polar surface area (TPSA) is 103 Å². The zero-order valence-electron chi connectivity index (χ0n) is 17.6. The maximum Gasteiger partial charge on any atom is 0.250 e. The monoisotopic (exact) mass is 468 g/mol. The van der Waals surface area contributed by atoms with Gasteiger partial charge in [-0.05, 0) is 42.5 Å². The first-order valence-corrected chi connectivity index (χ1v) is 11.4. The Hall–Kier alpha value is -2.57. The first-order valence-electron chi connectivity index (χ1n) is 9.92. The lowest BCUT2D eigenvalue weighted by Crippen LogP contribution is -2.40. The van der Waals surface area contributed by atoms with Gasteiger partial charge in [-0.15, -0.1) is 0 Å². The molecule has 1 fully saturated rings. The van der Waals surface area contributed by atoms with Crippen molar-refractivity contribution < 1.29 is 36.6 Å². The first-order chi connectivity index (χ1) is 15.4. The molecule has 32 heavy (non-hydrogen) atoms. The maximum atomic E-state index is 13.2. The summed E-state index contributed by atoms with van der Waals surface area (Å²) in [5.74, 6) is -0.401. The van der Waals surface area contributed by atoms with Crippen LogP contribution >= 0.6 is 0 Å². The third kappa shape index (κ3) is 6.47. The number of sulfonamides is 1. The third-order valence-corrected chi connectivity index (χ3v) is 6.43. The van der Waals surface area contributed by atoms with Crippen LogP contribution in [0.15, 0.2) is 47.4 Å². The molecule has 0 atom stereocenters. The summed E-state index contributed by atoms with van der Waals surface area (Å²) < 4.78 is 61.6. The van der Waals surface area contributed by atoms with E-state index < -0.39 is 21.7 Å². The Morgan fingerprint density at radius 2 is 1.84 bits per heavy atom. The zero-order chi connectivity index (χ0) is 23.0. The summed E-state index contributed by atoms with van der Waals surface area (Å²) in [6.45, 7) is 1.42. The lowest BCUT2D eigenvalue weighted by molar-refractivity contribution is -0.121. The van der Waals surface area contributed by atoms with Gasteiger partial charge < -0.3 is 24.3 Å². The van der Waals surface area contributed by atoms with Crippen molar-refractivity contribution >= 4 is 21.6 Å². The van der Waals surface area contributed by atoms with E-state index in [9.17, 15) is 17.6 Å². The van der Waals surface area contributed by atoms with Crippen LogP contribution in [0, 0.1) is 5.82 Å². The highest BCUT2D eigenvalue weighted by atomic mass is 32.2. The molecule has 1 saturated heterocycles. The fourth-order valence-electron chi connectivity index (χ4n) is 2.92. The van der Waals surface area contributed by atoms with E-state index >= 15 is 0 Å². The minimum absolute atomic E-state index is 0.00135. The minimum atomic E-state index is -3.79. The normalized spacial score (nSPS) is 14.8. The average Bonchev–Trinajstić information content (AvgIpc) is 2.80. The van der Waals surface area contributed by atoms with Crippen molar-refractivity contribution in [3.8, 4) is 11.5 Å². The molecule has 3 rings (SSSR count). The van der Waals surface area contributed by atoms with Crippen LogP contribution in [0.5, 0.6) is 11.5 Å². The number of halogens is 1. The van der Waals surface area contributed by atoms with E-state index in [0.29, 0.717) is 25.6 Å². The number of benzene rings is 2. The maximum absolute atomic E-state index is 13.2. The van der Waals surface area contributed by atoms with Crippen LogP contribution < -0.4 is 10.1 Å². The molecule has 9 nitrogen and oxygen atoms in total. The van der Waals surface area contributed by atoms with Crippen LogP contribution in [0.2, 0.25) is 0 Å². The molecule has 0 saturated carbocycles. The van der Waals surface area contributed by atoms with Crippen molar-refractivity contribution in [1.82, 2.24) is 4.31 Å². The second-order valence-corrected chi connectivity index (χ2v) is 8.76. The second kappa shape index (κ2) is 11.3. The van der Waals surface area contributed by atoms with Gasteiger partial charge in [0.1, 0.15) is 18.2 Å². The molecule has 0 spiro atoms. The molecule has 1 N–H and O–H groups in total. The van der Waals surface area contributed by atoms with Crippen molar-refractivity contribution in [3.63, 3.8) is 0 Å². The number of ether oxygens (including phenoxy) is 4. The van der Waals surface area contributed by atoms with Gasteiger partial charge in [0.25, 0.3) is 0 Å². The molecule has 0 bridgehead atoms. The fourth-order valence-corrected chi connectivity index (χ4v) is 4.35. The van der Waals surface area contributed by atoms with E-state index in [1.165, 1.54) is 53.9 Å². The molecular weight excluding hydrogens is 443 g/mol. The molecule has 1 amide bonds. The molecule has 2 aromatic carbocycles. The van der Waals surface area contributed by atoms with Gasteiger partial charge in [0.2, 0.25) is 15.9 Å². The number of morpholine rings is 1. The number of carbonyl (C=O) groups is 1. The molecule has 1 heterocycles. The van der Waals surface area contributed by atoms with Crippen molar-refractivity contribution in [1.29, 1.82) is 0 Å². The lowest BCUT2D eigenvalue weighted by atomic mass is 10.2. The van der Waals surface area contributed by atoms with E-state index in [0.717, 1.165) is 0 Å². The molecule has 1 aliphatic rings. The van der Waals surface area contributed by atoms with Gasteiger partial charge in [-0.2, -0.15) is 4.31 Å². The molecule has 0 radical (unpaired) electrons. The second-order valence-electron chi connectivity index (χ2n) is 6.82. The Labute approximate surface area is 186 Å². The molecule has 2 aromatic rings. The lowest BCUT2D eigenvalue weighted by Gasteiger charge is -2.26. The van der Waals surface area contributed by atoms with E-state index in [4.69, 9.17) is 18.9 Å². The van der Waals surface area contributed by atoms with Crippen molar-refractivity contribution in [2.45, 2.75) is 4.90 Å². The predicted molar refractivity (Wildman–Crippen MR) is 114 cm³/mol. The Balaban J connectivity index is 1.84. The number of hydrogen-bond acceptors (Lipinski definition) is 7. The summed E-state index contributed by atoms with van der Waals surface area (Å²) in [5, 5.41) is 2.62. The Bertz CT molecular complexity index is 1010. The van der Waals surface area contributed by atoms with Gasteiger partial charge in [0.15, 0.2) is 5.75 Å². The highest BCUT2D eigenvalue weighted by Crippen LogP contribution is 2.33. The van der Waals surface area contributed by atoms with Crippen LogP contribution in [0.3, 0.4) is 0 Å². The number of amides is 1. The number of nitrogens with zero attached hydrogens (tertiary/aromatic N) is 1. The van der Waals surface area contributed by atoms with E-state index in [1.54, 1.807) is 0 Å². The largest absolute Gasteiger partial charge is 0.455 e. The van der Waals surface area contributed by atoms with Gasteiger partial charge in [0, 0.05) is 20.2 Å². The van der Waals surface area contributed by atoms with E-state index in [-0.39, 0.29) is 42.6 Å². The number of nitrogens with one attached hydrogen (secondary N) is 1. The molecular formula is C21H25FN2O7S. The minimum Gasteiger partial charge on any atom is -0.455 e. The summed E-state index contributed by atoms with van der Waals surface area (Å²) >= 11 is 0. The van der Waals surface area contributed by atoms with Crippen LogP contribution in [-0.4, -0.2) is 71.9 Å². The van der Waals surface area contributed by atoms with Gasteiger partial charge >= 0.3 is 0 Å². The molecule has 0 aromatic heterocycles. The Kier molecular flexibility index (Phi) is 8.53. The van der Waals surface area contributed by atoms with Crippen LogP contribution in [0.25, 0.3) is 0 Å². The van der Waals surface area contributed by atoms with Crippen molar-refractivity contribution in [2.75, 3.05) is 58.6 Å².